The van der Waals surface area contributed by atoms with Gasteiger partial charge in [-0.3, -0.25) is 9.78 Å². The van der Waals surface area contributed by atoms with Crippen molar-refractivity contribution in [2.24, 2.45) is 5.92 Å². The maximum absolute atomic E-state index is 12.3. The monoisotopic (exact) mass is 341 g/mol. The van der Waals surface area contributed by atoms with Crippen LogP contribution in [0.25, 0.3) is 11.1 Å². The van der Waals surface area contributed by atoms with E-state index < -0.39 is 5.60 Å². The Labute approximate surface area is 147 Å². The fourth-order valence-corrected chi connectivity index (χ4v) is 2.97. The van der Waals surface area contributed by atoms with Crippen LogP contribution < -0.4 is 4.74 Å². The minimum atomic E-state index is -0.483. The maximum Gasteiger partial charge on any atom is 0.310 e. The van der Waals surface area contributed by atoms with Crippen LogP contribution >= 0.6 is 0 Å². The highest BCUT2D eigenvalue weighted by molar-refractivity contribution is 5.78. The summed E-state index contributed by atoms with van der Waals surface area (Å²) < 4.78 is 11.0. The molecule has 0 spiro atoms. The third-order valence-corrected chi connectivity index (χ3v) is 4.19. The fourth-order valence-electron chi connectivity index (χ4n) is 2.97. The first-order valence-electron chi connectivity index (χ1n) is 8.33. The Morgan fingerprint density at radius 2 is 1.96 bits per heavy atom. The van der Waals surface area contributed by atoms with Gasteiger partial charge in [0, 0.05) is 17.7 Å². The second-order valence-electron chi connectivity index (χ2n) is 7.37. The topological polar surface area (TPSA) is 68.7 Å². The Kier molecular flexibility index (Phi) is 4.41. The standard InChI is InChI=1S/C20H23NO4/c1-20(2,3)25-19(23)17-9-15(17)16-8-12(5-6-18(16)24-4)13-7-14(22)11-21-10-13/h5-8,10-11,15,17,22H,9H2,1-4H3. The number of ether oxygens (including phenoxy) is 2. The molecule has 0 amide bonds. The summed E-state index contributed by atoms with van der Waals surface area (Å²) in [5.74, 6) is 0.672. The molecule has 1 aliphatic carbocycles. The smallest absolute Gasteiger partial charge is 0.310 e. The second-order valence-corrected chi connectivity index (χ2v) is 7.37. The van der Waals surface area contributed by atoms with E-state index in [1.807, 2.05) is 39.0 Å². The molecule has 0 aliphatic heterocycles. The number of aromatic hydroxyl groups is 1. The van der Waals surface area contributed by atoms with Gasteiger partial charge in [-0.05, 0) is 56.5 Å². The Hall–Kier alpha value is -2.56. The van der Waals surface area contributed by atoms with Crippen molar-refractivity contribution < 1.29 is 19.4 Å². The molecule has 2 unspecified atom stereocenters. The quantitative estimate of drug-likeness (QED) is 0.854. The van der Waals surface area contributed by atoms with Gasteiger partial charge in [-0.2, -0.15) is 0 Å². The van der Waals surface area contributed by atoms with Gasteiger partial charge in [0.2, 0.25) is 0 Å². The normalized spacial score (nSPS) is 19.4. The Morgan fingerprint density at radius 3 is 2.60 bits per heavy atom. The zero-order valence-corrected chi connectivity index (χ0v) is 14.9. The van der Waals surface area contributed by atoms with Crippen molar-refractivity contribution >= 4 is 5.97 Å². The van der Waals surface area contributed by atoms with E-state index in [0.29, 0.717) is 0 Å². The van der Waals surface area contributed by atoms with Gasteiger partial charge in [0.25, 0.3) is 0 Å². The second kappa shape index (κ2) is 6.39. The predicted octanol–water partition coefficient (Wildman–Crippen LogP) is 3.91. The Bertz CT molecular complexity index is 795. The average molecular weight is 341 g/mol. The van der Waals surface area contributed by atoms with Crippen LogP contribution in [0.4, 0.5) is 0 Å². The van der Waals surface area contributed by atoms with Crippen LogP contribution in [0.15, 0.2) is 36.7 Å². The molecule has 5 heteroatoms. The summed E-state index contributed by atoms with van der Waals surface area (Å²) in [6.45, 7) is 5.62. The number of hydrogen-bond acceptors (Lipinski definition) is 5. The SMILES string of the molecule is COc1ccc(-c2cncc(O)c2)cc1C1CC1C(=O)OC(C)(C)C. The number of methoxy groups -OCH3 is 1. The van der Waals surface area contributed by atoms with Crippen molar-refractivity contribution in [3.05, 3.63) is 42.2 Å². The molecule has 3 rings (SSSR count). The first-order valence-corrected chi connectivity index (χ1v) is 8.33. The molecule has 25 heavy (non-hydrogen) atoms. The number of hydrogen-bond donors (Lipinski definition) is 1. The number of nitrogens with zero attached hydrogens (tertiary/aromatic N) is 1. The van der Waals surface area contributed by atoms with Gasteiger partial charge in [-0.15, -0.1) is 0 Å². The lowest BCUT2D eigenvalue weighted by molar-refractivity contribution is -0.156. The molecule has 1 heterocycles. The van der Waals surface area contributed by atoms with Crippen LogP contribution in [-0.2, 0) is 9.53 Å². The van der Waals surface area contributed by atoms with E-state index in [2.05, 4.69) is 4.98 Å². The molecule has 1 N–H and O–H groups in total. The zero-order valence-electron chi connectivity index (χ0n) is 14.9. The van der Waals surface area contributed by atoms with Crippen LogP contribution in [0, 0.1) is 5.92 Å². The van der Waals surface area contributed by atoms with Crippen molar-refractivity contribution in [2.75, 3.05) is 7.11 Å². The number of benzene rings is 1. The number of pyridine rings is 1. The van der Waals surface area contributed by atoms with Crippen molar-refractivity contribution in [1.29, 1.82) is 0 Å². The summed E-state index contributed by atoms with van der Waals surface area (Å²) >= 11 is 0. The fraction of sp³-hybridized carbons (Fsp3) is 0.400. The highest BCUT2D eigenvalue weighted by Crippen LogP contribution is 2.52. The first-order chi connectivity index (χ1) is 11.8. The van der Waals surface area contributed by atoms with E-state index >= 15 is 0 Å². The largest absolute Gasteiger partial charge is 0.506 e. The predicted molar refractivity (Wildman–Crippen MR) is 94.6 cm³/mol. The van der Waals surface area contributed by atoms with E-state index in [9.17, 15) is 9.90 Å². The Morgan fingerprint density at radius 1 is 1.20 bits per heavy atom. The summed E-state index contributed by atoms with van der Waals surface area (Å²) in [7, 11) is 1.62. The lowest BCUT2D eigenvalue weighted by atomic mass is 10.00. The number of esters is 1. The molecular weight excluding hydrogens is 318 g/mol. The summed E-state index contributed by atoms with van der Waals surface area (Å²) in [6.07, 6.45) is 3.85. The third kappa shape index (κ3) is 3.92. The van der Waals surface area contributed by atoms with Gasteiger partial charge in [0.15, 0.2) is 0 Å². The maximum atomic E-state index is 12.3. The summed E-state index contributed by atoms with van der Waals surface area (Å²) in [4.78, 5) is 16.3. The van der Waals surface area contributed by atoms with Crippen LogP contribution in [0.1, 0.15) is 38.7 Å². The molecule has 1 aromatic heterocycles. The average Bonchev–Trinajstić information content (AvgIpc) is 3.33. The number of aromatic nitrogens is 1. The van der Waals surface area contributed by atoms with Crippen molar-refractivity contribution in [1.82, 2.24) is 4.98 Å². The minimum absolute atomic E-state index is 0.0926. The molecule has 2 atom stereocenters. The lowest BCUT2D eigenvalue weighted by Crippen LogP contribution is -2.25. The molecule has 2 aromatic rings. The Balaban J connectivity index is 1.86. The first kappa shape index (κ1) is 17.3. The lowest BCUT2D eigenvalue weighted by Gasteiger charge is -2.19. The van der Waals surface area contributed by atoms with Gasteiger partial charge in [0.1, 0.15) is 17.1 Å². The number of carbonyl (C=O) groups is 1. The molecule has 132 valence electrons. The molecule has 0 saturated heterocycles. The van der Waals surface area contributed by atoms with E-state index in [1.165, 1.54) is 6.20 Å². The molecule has 1 aromatic carbocycles. The van der Waals surface area contributed by atoms with Gasteiger partial charge >= 0.3 is 5.97 Å². The molecule has 0 radical (unpaired) electrons. The van der Waals surface area contributed by atoms with Crippen LogP contribution in [0.5, 0.6) is 11.5 Å². The molecule has 1 fully saturated rings. The van der Waals surface area contributed by atoms with E-state index in [4.69, 9.17) is 9.47 Å². The minimum Gasteiger partial charge on any atom is -0.506 e. The van der Waals surface area contributed by atoms with Crippen LogP contribution in [-0.4, -0.2) is 28.8 Å². The zero-order chi connectivity index (χ0) is 18.2. The molecule has 5 nitrogen and oxygen atoms in total. The van der Waals surface area contributed by atoms with Gasteiger partial charge in [0.05, 0.1) is 19.2 Å². The molecule has 0 bridgehead atoms. The van der Waals surface area contributed by atoms with E-state index in [0.717, 1.165) is 28.9 Å². The van der Waals surface area contributed by atoms with Crippen molar-refractivity contribution in [2.45, 2.75) is 38.7 Å². The number of rotatable bonds is 4. The van der Waals surface area contributed by atoms with Gasteiger partial charge in [-0.25, -0.2) is 0 Å². The van der Waals surface area contributed by atoms with E-state index in [1.54, 1.807) is 19.4 Å². The van der Waals surface area contributed by atoms with Crippen molar-refractivity contribution in [3.63, 3.8) is 0 Å². The molecular formula is C20H23NO4. The number of carbonyl (C=O) groups excluding carboxylic acids is 1. The highest BCUT2D eigenvalue weighted by Gasteiger charge is 2.47. The molecule has 1 saturated carbocycles. The highest BCUT2D eigenvalue weighted by atomic mass is 16.6. The van der Waals surface area contributed by atoms with Crippen LogP contribution in [0.3, 0.4) is 0 Å². The van der Waals surface area contributed by atoms with Gasteiger partial charge in [-0.1, -0.05) is 6.07 Å². The summed E-state index contributed by atoms with van der Waals surface area (Å²) in [5.41, 5.74) is 2.25. The van der Waals surface area contributed by atoms with Gasteiger partial charge < -0.3 is 14.6 Å². The van der Waals surface area contributed by atoms with E-state index in [-0.39, 0.29) is 23.6 Å². The molecule has 1 aliphatic rings. The summed E-state index contributed by atoms with van der Waals surface area (Å²) in [5, 5.41) is 9.64. The van der Waals surface area contributed by atoms with Crippen molar-refractivity contribution in [3.8, 4) is 22.6 Å². The third-order valence-electron chi connectivity index (χ3n) is 4.19. The van der Waals surface area contributed by atoms with Crippen LogP contribution in [0.2, 0.25) is 0 Å². The summed E-state index contributed by atoms with van der Waals surface area (Å²) in [6, 6.07) is 7.48.